The minimum Gasteiger partial charge on any atom is -0.362 e. The van der Waals surface area contributed by atoms with E-state index in [1.165, 1.54) is 6.33 Å². The lowest BCUT2D eigenvalue weighted by Gasteiger charge is -2.27. The zero-order valence-corrected chi connectivity index (χ0v) is 11.0. The number of aromatic nitrogens is 2. The van der Waals surface area contributed by atoms with Gasteiger partial charge in [0.1, 0.15) is 12.1 Å². The standard InChI is InChI=1S/C12H13Cl2N3/c1-12(6-13,7-14)17-11-9-4-2-3-5-10(9)15-8-16-11/h2-5,8H,6-7H2,1H3,(H,15,16,17). The van der Waals surface area contributed by atoms with E-state index < -0.39 is 0 Å². The average molecular weight is 270 g/mol. The summed E-state index contributed by atoms with van der Waals surface area (Å²) in [5.41, 5.74) is 0.525. The third-order valence-corrected chi connectivity index (χ3v) is 3.73. The van der Waals surface area contributed by atoms with Crippen LogP contribution in [0.5, 0.6) is 0 Å². The molecule has 0 spiro atoms. The molecule has 0 fully saturated rings. The predicted octanol–water partition coefficient (Wildman–Crippen LogP) is 3.28. The van der Waals surface area contributed by atoms with Crippen LogP contribution in [0.25, 0.3) is 10.9 Å². The molecule has 90 valence electrons. The molecule has 0 aliphatic heterocycles. The molecule has 1 aromatic carbocycles. The smallest absolute Gasteiger partial charge is 0.137 e. The second-order valence-electron chi connectivity index (χ2n) is 4.19. The van der Waals surface area contributed by atoms with Crippen LogP contribution < -0.4 is 5.32 Å². The highest BCUT2D eigenvalue weighted by Crippen LogP contribution is 2.23. The summed E-state index contributed by atoms with van der Waals surface area (Å²) >= 11 is 11.8. The molecule has 0 unspecified atom stereocenters. The molecule has 1 heterocycles. The first-order chi connectivity index (χ1) is 8.18. The highest BCUT2D eigenvalue weighted by atomic mass is 35.5. The van der Waals surface area contributed by atoms with Gasteiger partial charge in [-0.25, -0.2) is 9.97 Å². The van der Waals surface area contributed by atoms with Gasteiger partial charge in [-0.3, -0.25) is 0 Å². The molecule has 0 saturated carbocycles. The molecular weight excluding hydrogens is 257 g/mol. The Morgan fingerprint density at radius 3 is 2.59 bits per heavy atom. The predicted molar refractivity (Wildman–Crippen MR) is 73.0 cm³/mol. The normalized spacial score (nSPS) is 11.7. The van der Waals surface area contributed by atoms with Crippen molar-refractivity contribution in [3.8, 4) is 0 Å². The van der Waals surface area contributed by atoms with Gasteiger partial charge in [0.05, 0.1) is 11.1 Å². The molecule has 2 aromatic rings. The van der Waals surface area contributed by atoms with Gasteiger partial charge >= 0.3 is 0 Å². The summed E-state index contributed by atoms with van der Waals surface area (Å²) in [5.74, 6) is 1.59. The van der Waals surface area contributed by atoms with Crippen LogP contribution in [-0.4, -0.2) is 27.3 Å². The summed E-state index contributed by atoms with van der Waals surface area (Å²) in [7, 11) is 0. The number of hydrogen-bond acceptors (Lipinski definition) is 3. The van der Waals surface area contributed by atoms with Crippen molar-refractivity contribution in [2.45, 2.75) is 12.5 Å². The van der Waals surface area contributed by atoms with Crippen LogP contribution in [0.15, 0.2) is 30.6 Å². The Hall–Kier alpha value is -1.06. The first-order valence-electron chi connectivity index (χ1n) is 5.28. The van der Waals surface area contributed by atoms with Gasteiger partial charge in [0, 0.05) is 17.1 Å². The van der Waals surface area contributed by atoms with Crippen molar-refractivity contribution in [1.82, 2.24) is 9.97 Å². The molecule has 3 nitrogen and oxygen atoms in total. The molecular formula is C12H13Cl2N3. The van der Waals surface area contributed by atoms with E-state index in [0.29, 0.717) is 11.8 Å². The molecule has 0 aliphatic carbocycles. The summed E-state index contributed by atoms with van der Waals surface area (Å²) < 4.78 is 0. The number of nitrogens with one attached hydrogen (secondary N) is 1. The number of rotatable bonds is 4. The maximum Gasteiger partial charge on any atom is 0.137 e. The molecule has 5 heteroatoms. The van der Waals surface area contributed by atoms with Crippen molar-refractivity contribution in [2.75, 3.05) is 17.1 Å². The molecule has 0 amide bonds. The quantitative estimate of drug-likeness (QED) is 0.866. The fraction of sp³-hybridized carbons (Fsp3) is 0.333. The first-order valence-corrected chi connectivity index (χ1v) is 6.35. The van der Waals surface area contributed by atoms with Crippen molar-refractivity contribution < 1.29 is 0 Å². The van der Waals surface area contributed by atoms with Gasteiger partial charge in [0.15, 0.2) is 0 Å². The lowest BCUT2D eigenvalue weighted by molar-refractivity contribution is 0.646. The average Bonchev–Trinajstić information content (AvgIpc) is 2.39. The molecule has 0 radical (unpaired) electrons. The van der Waals surface area contributed by atoms with Crippen LogP contribution in [0.1, 0.15) is 6.92 Å². The number of fused-ring (bicyclic) bond motifs is 1. The highest BCUT2D eigenvalue weighted by molar-refractivity contribution is 6.22. The summed E-state index contributed by atoms with van der Waals surface area (Å²) in [5, 5.41) is 4.25. The number of benzene rings is 1. The maximum absolute atomic E-state index is 5.92. The number of alkyl halides is 2. The fourth-order valence-corrected chi connectivity index (χ4v) is 1.91. The molecule has 2 rings (SSSR count). The number of halogens is 2. The number of anilines is 1. The topological polar surface area (TPSA) is 37.8 Å². The van der Waals surface area contributed by atoms with E-state index in [-0.39, 0.29) is 5.54 Å². The number of hydrogen-bond donors (Lipinski definition) is 1. The van der Waals surface area contributed by atoms with Crippen LogP contribution >= 0.6 is 23.2 Å². The zero-order valence-electron chi connectivity index (χ0n) is 9.45. The van der Waals surface area contributed by atoms with Gasteiger partial charge in [0.25, 0.3) is 0 Å². The van der Waals surface area contributed by atoms with E-state index in [2.05, 4.69) is 15.3 Å². The molecule has 0 atom stereocenters. The van der Waals surface area contributed by atoms with Crippen LogP contribution in [0.3, 0.4) is 0 Å². The minimum atomic E-state index is -0.375. The second kappa shape index (κ2) is 5.07. The van der Waals surface area contributed by atoms with Crippen LogP contribution in [-0.2, 0) is 0 Å². The molecule has 0 bridgehead atoms. The van der Waals surface area contributed by atoms with E-state index in [1.807, 2.05) is 31.2 Å². The SMILES string of the molecule is CC(CCl)(CCl)Nc1ncnc2ccccc12. The Balaban J connectivity index is 2.42. The van der Waals surface area contributed by atoms with Gasteiger partial charge in [-0.2, -0.15) is 0 Å². The minimum absolute atomic E-state index is 0.375. The highest BCUT2D eigenvalue weighted by Gasteiger charge is 2.23. The van der Waals surface area contributed by atoms with Gasteiger partial charge in [-0.15, -0.1) is 23.2 Å². The van der Waals surface area contributed by atoms with Gasteiger partial charge in [-0.1, -0.05) is 12.1 Å². The summed E-state index contributed by atoms with van der Waals surface area (Å²) in [4.78, 5) is 8.45. The van der Waals surface area contributed by atoms with E-state index in [1.54, 1.807) is 0 Å². The van der Waals surface area contributed by atoms with Crippen molar-refractivity contribution in [2.24, 2.45) is 0 Å². The van der Waals surface area contributed by atoms with Crippen LogP contribution in [0, 0.1) is 0 Å². The third-order valence-electron chi connectivity index (χ3n) is 2.55. The Morgan fingerprint density at radius 1 is 1.18 bits per heavy atom. The Kier molecular flexibility index (Phi) is 3.69. The van der Waals surface area contributed by atoms with E-state index in [0.717, 1.165) is 16.7 Å². The maximum atomic E-state index is 5.92. The lowest BCUT2D eigenvalue weighted by atomic mass is 10.1. The third kappa shape index (κ3) is 2.61. The Labute approximate surface area is 110 Å². The summed E-state index contributed by atoms with van der Waals surface area (Å²) in [6, 6.07) is 7.82. The van der Waals surface area contributed by atoms with Crippen molar-refractivity contribution in [1.29, 1.82) is 0 Å². The van der Waals surface area contributed by atoms with Crippen molar-refractivity contribution in [3.63, 3.8) is 0 Å². The molecule has 1 aromatic heterocycles. The fourth-order valence-electron chi connectivity index (χ4n) is 1.49. The van der Waals surface area contributed by atoms with Crippen LogP contribution in [0.2, 0.25) is 0 Å². The second-order valence-corrected chi connectivity index (χ2v) is 4.73. The van der Waals surface area contributed by atoms with E-state index >= 15 is 0 Å². The van der Waals surface area contributed by atoms with Gasteiger partial charge in [-0.05, 0) is 19.1 Å². The molecule has 0 aliphatic rings. The summed E-state index contributed by atoms with van der Waals surface area (Å²) in [6.07, 6.45) is 1.54. The van der Waals surface area contributed by atoms with Crippen molar-refractivity contribution in [3.05, 3.63) is 30.6 Å². The zero-order chi connectivity index (χ0) is 12.3. The van der Waals surface area contributed by atoms with E-state index in [9.17, 15) is 0 Å². The van der Waals surface area contributed by atoms with E-state index in [4.69, 9.17) is 23.2 Å². The largest absolute Gasteiger partial charge is 0.362 e. The molecule has 1 N–H and O–H groups in total. The lowest BCUT2D eigenvalue weighted by Crippen LogP contribution is -2.39. The Bertz CT molecular complexity index is 507. The monoisotopic (exact) mass is 269 g/mol. The number of nitrogens with zero attached hydrogens (tertiary/aromatic N) is 2. The Morgan fingerprint density at radius 2 is 1.88 bits per heavy atom. The first kappa shape index (κ1) is 12.4. The molecule has 0 saturated heterocycles. The van der Waals surface area contributed by atoms with Gasteiger partial charge < -0.3 is 5.32 Å². The number of para-hydroxylation sites is 1. The molecule has 17 heavy (non-hydrogen) atoms. The van der Waals surface area contributed by atoms with Gasteiger partial charge in [0.2, 0.25) is 0 Å². The van der Waals surface area contributed by atoms with Crippen LogP contribution in [0.4, 0.5) is 5.82 Å². The van der Waals surface area contributed by atoms with Crippen molar-refractivity contribution >= 4 is 39.9 Å². The summed E-state index contributed by atoms with van der Waals surface area (Å²) in [6.45, 7) is 1.96.